The zero-order valence-electron chi connectivity index (χ0n) is 22.0. The summed E-state index contributed by atoms with van der Waals surface area (Å²) in [6, 6.07) is 5.32. The van der Waals surface area contributed by atoms with Gasteiger partial charge in [-0.25, -0.2) is 18.4 Å². The van der Waals surface area contributed by atoms with E-state index < -0.39 is 26.9 Å². The number of hydrogen-bond donors (Lipinski definition) is 0. The van der Waals surface area contributed by atoms with Gasteiger partial charge in [-0.05, 0) is 45.7 Å². The Morgan fingerprint density at radius 2 is 1.76 bits per heavy atom. The van der Waals surface area contributed by atoms with Crippen LogP contribution in [0.4, 0.5) is 0 Å². The topological polar surface area (TPSA) is 128 Å². The van der Waals surface area contributed by atoms with Gasteiger partial charge in [-0.15, -0.1) is 10.2 Å². The third-order valence-corrected chi connectivity index (χ3v) is 8.47. The molecule has 0 aliphatic carbocycles. The highest BCUT2D eigenvalue weighted by Gasteiger charge is 2.37. The first-order valence-corrected chi connectivity index (χ1v) is 14.4. The lowest BCUT2D eigenvalue weighted by Gasteiger charge is -2.25. The van der Waals surface area contributed by atoms with E-state index in [9.17, 15) is 8.42 Å². The molecule has 3 atom stereocenters. The molecule has 3 heterocycles. The number of methoxy groups -OCH3 is 2. The summed E-state index contributed by atoms with van der Waals surface area (Å²) < 4.78 is 52.5. The number of hydrogen-bond acceptors (Lipinski definition) is 10. The van der Waals surface area contributed by atoms with Gasteiger partial charge in [-0.1, -0.05) is 17.7 Å². The molecule has 0 spiro atoms. The number of nitrogens with zero attached hydrogens (tertiary/aromatic N) is 5. The zero-order valence-corrected chi connectivity index (χ0v) is 23.6. The smallest absolute Gasteiger partial charge is 0.167 e. The molecule has 0 bridgehead atoms. The van der Waals surface area contributed by atoms with Crippen molar-refractivity contribution in [1.82, 2.24) is 24.7 Å². The monoisotopic (exact) mass is 565 g/mol. The molecule has 4 rings (SSSR count). The third kappa shape index (κ3) is 5.93. The number of ether oxygens (including phenoxy) is 4. The maximum Gasteiger partial charge on any atom is 0.167 e. The van der Waals surface area contributed by atoms with Crippen LogP contribution in [0.25, 0.3) is 5.69 Å². The highest BCUT2D eigenvalue weighted by atomic mass is 35.5. The van der Waals surface area contributed by atoms with Crippen molar-refractivity contribution >= 4 is 21.4 Å². The number of benzene rings is 1. The predicted molar refractivity (Wildman–Crippen MR) is 140 cm³/mol. The predicted octanol–water partition coefficient (Wildman–Crippen LogP) is 4.05. The molecule has 11 nitrogen and oxygen atoms in total. The lowest BCUT2D eigenvalue weighted by Crippen LogP contribution is -2.32. The number of para-hydroxylation sites is 1. The van der Waals surface area contributed by atoms with Gasteiger partial charge in [0.15, 0.2) is 27.3 Å². The summed E-state index contributed by atoms with van der Waals surface area (Å²) in [5.74, 6) is 1.44. The van der Waals surface area contributed by atoms with E-state index in [-0.39, 0.29) is 23.9 Å². The summed E-state index contributed by atoms with van der Waals surface area (Å²) in [6.45, 7) is 5.80. The minimum absolute atomic E-state index is 0.200. The molecule has 0 saturated carbocycles. The molecule has 206 valence electrons. The van der Waals surface area contributed by atoms with Crippen molar-refractivity contribution in [3.63, 3.8) is 0 Å². The van der Waals surface area contributed by atoms with E-state index >= 15 is 0 Å². The van der Waals surface area contributed by atoms with Crippen LogP contribution >= 0.6 is 11.6 Å². The van der Waals surface area contributed by atoms with Crippen molar-refractivity contribution in [2.24, 2.45) is 0 Å². The molecule has 1 aromatic carbocycles. The third-order valence-electron chi connectivity index (χ3n) is 6.23. The quantitative estimate of drug-likeness (QED) is 0.336. The largest absolute Gasteiger partial charge is 0.494 e. The summed E-state index contributed by atoms with van der Waals surface area (Å²) in [5, 5.41) is 8.01. The van der Waals surface area contributed by atoms with Gasteiger partial charge in [0.1, 0.15) is 35.1 Å². The Morgan fingerprint density at radius 3 is 2.32 bits per heavy atom. The Hall–Kier alpha value is -2.80. The highest BCUT2D eigenvalue weighted by Crippen LogP contribution is 2.38. The second kappa shape index (κ2) is 11.9. The van der Waals surface area contributed by atoms with E-state index in [4.69, 9.17) is 30.5 Å². The van der Waals surface area contributed by atoms with E-state index in [0.29, 0.717) is 34.6 Å². The van der Waals surface area contributed by atoms with Crippen molar-refractivity contribution in [3.05, 3.63) is 53.1 Å². The van der Waals surface area contributed by atoms with Gasteiger partial charge in [0.2, 0.25) is 0 Å². The zero-order chi connectivity index (χ0) is 27.4. The Morgan fingerprint density at radius 1 is 1.11 bits per heavy atom. The minimum Gasteiger partial charge on any atom is -0.494 e. The van der Waals surface area contributed by atoms with Crippen LogP contribution in [-0.2, 0) is 25.1 Å². The summed E-state index contributed by atoms with van der Waals surface area (Å²) in [6.07, 6.45) is 2.89. The van der Waals surface area contributed by atoms with Gasteiger partial charge in [0.05, 0.1) is 30.6 Å². The number of halogens is 1. The first kappa shape index (κ1) is 28.2. The Kier molecular flexibility index (Phi) is 8.86. The summed E-state index contributed by atoms with van der Waals surface area (Å²) in [7, 11) is -0.811. The Labute approximate surface area is 227 Å². The molecule has 0 amide bonds. The van der Waals surface area contributed by atoms with E-state index in [1.54, 1.807) is 29.7 Å². The number of rotatable bonds is 11. The maximum absolute atomic E-state index is 13.8. The molecule has 13 heteroatoms. The lowest BCUT2D eigenvalue weighted by atomic mass is 10.2. The molecule has 1 fully saturated rings. The molecule has 1 aliphatic heterocycles. The fourth-order valence-electron chi connectivity index (χ4n) is 4.35. The lowest BCUT2D eigenvalue weighted by molar-refractivity contribution is 0.00142. The fraction of sp³-hybridized carbons (Fsp3) is 0.520. The van der Waals surface area contributed by atoms with Crippen LogP contribution in [0, 0.1) is 0 Å². The van der Waals surface area contributed by atoms with Gasteiger partial charge in [-0.2, -0.15) is 0 Å². The van der Waals surface area contributed by atoms with Crippen LogP contribution in [0.2, 0.25) is 5.02 Å². The normalized spacial score (nSPS) is 17.5. The van der Waals surface area contributed by atoms with Gasteiger partial charge < -0.3 is 18.9 Å². The van der Waals surface area contributed by atoms with E-state index in [0.717, 1.165) is 12.8 Å². The maximum atomic E-state index is 13.8. The average molecular weight is 566 g/mol. The van der Waals surface area contributed by atoms with Gasteiger partial charge in [-0.3, -0.25) is 4.57 Å². The van der Waals surface area contributed by atoms with Crippen molar-refractivity contribution in [2.75, 3.05) is 20.8 Å². The molecular weight excluding hydrogens is 534 g/mol. The minimum atomic E-state index is -3.88. The second-order valence-corrected chi connectivity index (χ2v) is 12.0. The van der Waals surface area contributed by atoms with Crippen LogP contribution in [0.1, 0.15) is 63.3 Å². The van der Waals surface area contributed by atoms with Crippen molar-refractivity contribution in [3.8, 4) is 17.2 Å². The average Bonchev–Trinajstić information content (AvgIpc) is 3.56. The molecule has 1 saturated heterocycles. The molecule has 38 heavy (non-hydrogen) atoms. The Balaban J connectivity index is 1.78. The SMILES string of the molecule is COc1cccc(OC)c1-n1c(CS(=O)(=O)[C@@H](C)[C@@H](OC(C)C)c2ncc(Cl)cn2)nnc1[C@H]1CCCO1. The van der Waals surface area contributed by atoms with Crippen molar-refractivity contribution in [2.45, 2.75) is 62.9 Å². The molecule has 1 aliphatic rings. The first-order valence-electron chi connectivity index (χ1n) is 12.3. The van der Waals surface area contributed by atoms with Crippen molar-refractivity contribution < 1.29 is 27.4 Å². The Bertz CT molecular complexity index is 1320. The van der Waals surface area contributed by atoms with Gasteiger partial charge in [0.25, 0.3) is 0 Å². The molecule has 3 aromatic rings. The molecule has 0 radical (unpaired) electrons. The number of sulfone groups is 1. The molecule has 2 aromatic heterocycles. The fourth-order valence-corrected chi connectivity index (χ4v) is 5.82. The van der Waals surface area contributed by atoms with Crippen LogP contribution in [-0.4, -0.2) is 65.3 Å². The summed E-state index contributed by atoms with van der Waals surface area (Å²) in [4.78, 5) is 8.45. The van der Waals surface area contributed by atoms with E-state index in [1.165, 1.54) is 26.6 Å². The van der Waals surface area contributed by atoms with Crippen LogP contribution < -0.4 is 9.47 Å². The van der Waals surface area contributed by atoms with Crippen LogP contribution in [0.5, 0.6) is 11.5 Å². The van der Waals surface area contributed by atoms with Gasteiger partial charge in [0, 0.05) is 19.0 Å². The first-order chi connectivity index (χ1) is 18.2. The van der Waals surface area contributed by atoms with Gasteiger partial charge >= 0.3 is 0 Å². The van der Waals surface area contributed by atoms with E-state index in [2.05, 4.69) is 20.2 Å². The molecule has 0 N–H and O–H groups in total. The molecular formula is C25H32ClN5O6S. The highest BCUT2D eigenvalue weighted by molar-refractivity contribution is 7.91. The van der Waals surface area contributed by atoms with Crippen molar-refractivity contribution in [1.29, 1.82) is 0 Å². The second-order valence-electron chi connectivity index (χ2n) is 9.20. The standard InChI is InChI=1S/C25H32ClN5O6S/c1-15(2)37-23(24-27-12-17(26)13-28-24)16(3)38(32,33)14-21-29-30-25(20-10-7-11-36-20)31(21)22-18(34-4)8-6-9-19(22)35-5/h6,8-9,12-13,15-16,20,23H,7,10-11,14H2,1-5H3/t16-,20+,23+/m0/s1. The molecule has 0 unspecified atom stereocenters. The van der Waals surface area contributed by atoms with Crippen LogP contribution in [0.3, 0.4) is 0 Å². The number of aromatic nitrogens is 5. The summed E-state index contributed by atoms with van der Waals surface area (Å²) in [5.41, 5.74) is 0.502. The van der Waals surface area contributed by atoms with Crippen LogP contribution in [0.15, 0.2) is 30.6 Å². The summed E-state index contributed by atoms with van der Waals surface area (Å²) >= 11 is 5.95. The van der Waals surface area contributed by atoms with E-state index in [1.807, 2.05) is 13.8 Å².